The topological polar surface area (TPSA) is 94.1 Å². The lowest BCUT2D eigenvalue weighted by Gasteiger charge is -2.13. The molecular weight excluding hydrogens is 306 g/mol. The maximum absolute atomic E-state index is 12.5. The molecule has 118 valence electrons. The van der Waals surface area contributed by atoms with Crippen molar-refractivity contribution in [3.63, 3.8) is 0 Å². The molecule has 0 N–H and O–H groups in total. The Morgan fingerprint density at radius 2 is 2.09 bits per heavy atom. The average molecular weight is 323 g/mol. The first-order valence-electron chi connectivity index (χ1n) is 7.35. The minimum Gasteiger partial charge on any atom is -0.339 e. The Balaban J connectivity index is 1.51. The zero-order valence-electron chi connectivity index (χ0n) is 12.2. The van der Waals surface area contributed by atoms with E-state index >= 15 is 0 Å². The number of hydrogen-bond acceptors (Lipinski definition) is 6. The molecule has 1 aliphatic heterocycles. The number of nitrogens with zero attached hydrogens (tertiary/aromatic N) is 5. The Hall–Kier alpha value is -1.74. The molecular formula is C13H17N5O3S. The zero-order chi connectivity index (χ0) is 15.3. The maximum Gasteiger partial charge on any atom is 0.262 e. The van der Waals surface area contributed by atoms with Crippen molar-refractivity contribution in [2.45, 2.75) is 36.1 Å². The highest BCUT2D eigenvalue weighted by Gasteiger charge is 2.37. The van der Waals surface area contributed by atoms with Gasteiger partial charge in [-0.15, -0.1) is 0 Å². The molecule has 0 amide bonds. The molecule has 2 aromatic rings. The third-order valence-corrected chi connectivity index (χ3v) is 5.94. The lowest BCUT2D eigenvalue weighted by molar-refractivity contribution is 0.370. The average Bonchev–Trinajstić information content (AvgIpc) is 2.95. The molecule has 1 unspecified atom stereocenters. The second kappa shape index (κ2) is 4.88. The number of aryl methyl sites for hydroxylation is 1. The first-order chi connectivity index (χ1) is 10.5. The number of sulfonamides is 1. The van der Waals surface area contributed by atoms with E-state index in [0.717, 1.165) is 12.8 Å². The lowest BCUT2D eigenvalue weighted by atomic mass is 10.1. The van der Waals surface area contributed by atoms with Crippen LogP contribution in [0.1, 0.15) is 42.8 Å². The Labute approximate surface area is 128 Å². The molecule has 0 aromatic carbocycles. The molecule has 1 saturated carbocycles. The molecule has 2 aromatic heterocycles. The van der Waals surface area contributed by atoms with Crippen molar-refractivity contribution in [3.8, 4) is 0 Å². The summed E-state index contributed by atoms with van der Waals surface area (Å²) in [5.74, 6) is 1.73. The fraction of sp³-hybridized carbons (Fsp3) is 0.615. The van der Waals surface area contributed by atoms with Crippen molar-refractivity contribution in [2.75, 3.05) is 13.1 Å². The molecule has 8 nitrogen and oxygen atoms in total. The summed E-state index contributed by atoms with van der Waals surface area (Å²) in [5.41, 5.74) is 0. The van der Waals surface area contributed by atoms with E-state index in [0.29, 0.717) is 37.1 Å². The SMILES string of the molecule is Cn1cnc(S(=O)(=O)N2CCC(c3noc(C4CC4)n3)C2)c1. The molecule has 22 heavy (non-hydrogen) atoms. The predicted molar refractivity (Wildman–Crippen MR) is 75.6 cm³/mol. The monoisotopic (exact) mass is 323 g/mol. The maximum atomic E-state index is 12.5. The van der Waals surface area contributed by atoms with Crippen LogP contribution in [-0.2, 0) is 17.1 Å². The molecule has 1 saturated heterocycles. The number of imidazole rings is 1. The van der Waals surface area contributed by atoms with Gasteiger partial charge in [0.25, 0.3) is 10.0 Å². The summed E-state index contributed by atoms with van der Waals surface area (Å²) in [4.78, 5) is 8.38. The molecule has 0 radical (unpaired) electrons. The fourth-order valence-corrected chi connectivity index (χ4v) is 4.19. The van der Waals surface area contributed by atoms with Crippen LogP contribution < -0.4 is 0 Å². The highest BCUT2D eigenvalue weighted by atomic mass is 32.2. The summed E-state index contributed by atoms with van der Waals surface area (Å²) in [5, 5.41) is 4.11. The van der Waals surface area contributed by atoms with E-state index in [1.165, 1.54) is 16.8 Å². The lowest BCUT2D eigenvalue weighted by Crippen LogP contribution is -2.29. The van der Waals surface area contributed by atoms with Crippen LogP contribution in [0.3, 0.4) is 0 Å². The summed E-state index contributed by atoms with van der Waals surface area (Å²) in [7, 11) is -1.79. The van der Waals surface area contributed by atoms with Crippen molar-refractivity contribution >= 4 is 10.0 Å². The van der Waals surface area contributed by atoms with Crippen LogP contribution >= 0.6 is 0 Å². The van der Waals surface area contributed by atoms with E-state index in [1.54, 1.807) is 11.6 Å². The molecule has 1 atom stereocenters. The first-order valence-corrected chi connectivity index (χ1v) is 8.79. The second-order valence-corrected chi connectivity index (χ2v) is 7.88. The summed E-state index contributed by atoms with van der Waals surface area (Å²) in [6, 6.07) is 0. The van der Waals surface area contributed by atoms with Crippen molar-refractivity contribution in [1.82, 2.24) is 24.0 Å². The smallest absolute Gasteiger partial charge is 0.262 e. The van der Waals surface area contributed by atoms with Gasteiger partial charge >= 0.3 is 0 Å². The summed E-state index contributed by atoms with van der Waals surface area (Å²) in [6.45, 7) is 0.833. The van der Waals surface area contributed by atoms with E-state index in [9.17, 15) is 8.42 Å². The third kappa shape index (κ3) is 2.34. The minimum absolute atomic E-state index is 0.00487. The van der Waals surface area contributed by atoms with Crippen molar-refractivity contribution in [1.29, 1.82) is 0 Å². The summed E-state index contributed by atoms with van der Waals surface area (Å²) >= 11 is 0. The third-order valence-electron chi connectivity index (χ3n) is 4.19. The molecule has 0 spiro atoms. The number of aromatic nitrogens is 4. The van der Waals surface area contributed by atoms with E-state index in [-0.39, 0.29) is 10.9 Å². The summed E-state index contributed by atoms with van der Waals surface area (Å²) < 4.78 is 33.4. The van der Waals surface area contributed by atoms with Crippen LogP contribution in [0.5, 0.6) is 0 Å². The van der Waals surface area contributed by atoms with E-state index in [2.05, 4.69) is 15.1 Å². The zero-order valence-corrected chi connectivity index (χ0v) is 13.0. The van der Waals surface area contributed by atoms with E-state index in [4.69, 9.17) is 4.52 Å². The van der Waals surface area contributed by atoms with Gasteiger partial charge in [0.15, 0.2) is 10.9 Å². The molecule has 9 heteroatoms. The van der Waals surface area contributed by atoms with Gasteiger partial charge in [-0.3, -0.25) is 0 Å². The van der Waals surface area contributed by atoms with E-state index in [1.807, 2.05) is 0 Å². The first kappa shape index (κ1) is 13.9. The van der Waals surface area contributed by atoms with Crippen LogP contribution in [-0.4, -0.2) is 45.5 Å². The molecule has 2 aliphatic rings. The van der Waals surface area contributed by atoms with Crippen LogP contribution in [0.2, 0.25) is 0 Å². The van der Waals surface area contributed by atoms with Crippen molar-refractivity contribution < 1.29 is 12.9 Å². The van der Waals surface area contributed by atoms with Crippen molar-refractivity contribution in [2.24, 2.45) is 7.05 Å². The number of hydrogen-bond donors (Lipinski definition) is 0. The fourth-order valence-electron chi connectivity index (χ4n) is 2.72. The molecule has 3 heterocycles. The van der Waals surface area contributed by atoms with Crippen LogP contribution in [0, 0.1) is 0 Å². The van der Waals surface area contributed by atoms with Gasteiger partial charge in [0.05, 0.1) is 6.33 Å². The van der Waals surface area contributed by atoms with Gasteiger partial charge in [-0.2, -0.15) is 9.29 Å². The quantitative estimate of drug-likeness (QED) is 0.828. The van der Waals surface area contributed by atoms with Gasteiger partial charge in [0, 0.05) is 38.2 Å². The van der Waals surface area contributed by atoms with Crippen LogP contribution in [0.15, 0.2) is 22.1 Å². The Kier molecular flexibility index (Phi) is 3.08. The van der Waals surface area contributed by atoms with E-state index < -0.39 is 10.0 Å². The largest absolute Gasteiger partial charge is 0.339 e. The predicted octanol–water partition coefficient (Wildman–Crippen LogP) is 0.859. The van der Waals surface area contributed by atoms with Gasteiger partial charge in [0.1, 0.15) is 0 Å². The molecule has 0 bridgehead atoms. The van der Waals surface area contributed by atoms with Gasteiger partial charge in [-0.05, 0) is 19.3 Å². The molecule has 2 fully saturated rings. The highest BCUT2D eigenvalue weighted by molar-refractivity contribution is 7.89. The normalized spacial score (nSPS) is 23.2. The highest BCUT2D eigenvalue weighted by Crippen LogP contribution is 2.40. The van der Waals surface area contributed by atoms with Gasteiger partial charge in [-0.25, -0.2) is 13.4 Å². The van der Waals surface area contributed by atoms with Crippen LogP contribution in [0.25, 0.3) is 0 Å². The Bertz CT molecular complexity index is 792. The van der Waals surface area contributed by atoms with Gasteiger partial charge < -0.3 is 9.09 Å². The summed E-state index contributed by atoms with van der Waals surface area (Å²) in [6.07, 6.45) is 5.92. The van der Waals surface area contributed by atoms with Gasteiger partial charge in [-0.1, -0.05) is 5.16 Å². The Morgan fingerprint density at radius 3 is 2.77 bits per heavy atom. The van der Waals surface area contributed by atoms with Crippen LogP contribution in [0.4, 0.5) is 0 Å². The number of rotatable bonds is 4. The standard InChI is InChI=1S/C13H17N5O3S/c1-17-7-11(14-8-17)22(19,20)18-5-4-10(6-18)12-15-13(21-16-12)9-2-3-9/h7-10H,2-6H2,1H3. The van der Waals surface area contributed by atoms with Gasteiger partial charge in [0.2, 0.25) is 5.89 Å². The minimum atomic E-state index is -3.54. The second-order valence-electron chi connectivity index (χ2n) is 5.99. The molecule has 1 aliphatic carbocycles. The molecule has 4 rings (SSSR count). The van der Waals surface area contributed by atoms with Crippen molar-refractivity contribution in [3.05, 3.63) is 24.2 Å². The Morgan fingerprint density at radius 1 is 1.27 bits per heavy atom.